The molecular formula is C11H20N4OS. The Morgan fingerprint density at radius 2 is 2.24 bits per heavy atom. The van der Waals surface area contributed by atoms with Crippen LogP contribution in [-0.4, -0.2) is 37.8 Å². The van der Waals surface area contributed by atoms with E-state index in [9.17, 15) is 5.11 Å². The van der Waals surface area contributed by atoms with Crippen LogP contribution in [0.4, 0.5) is 0 Å². The van der Waals surface area contributed by atoms with Crippen LogP contribution in [-0.2, 0) is 13.0 Å². The molecule has 2 atom stereocenters. The van der Waals surface area contributed by atoms with Crippen molar-refractivity contribution in [3.8, 4) is 0 Å². The summed E-state index contributed by atoms with van der Waals surface area (Å²) in [6, 6.07) is -0.0521. The Bertz CT molecular complexity index is 366. The lowest BCUT2D eigenvalue weighted by molar-refractivity contribution is 0.285. The molecular weight excluding hydrogens is 236 g/mol. The Hall–Kier alpha value is -0.590. The molecule has 2 heterocycles. The Balaban J connectivity index is 2.13. The fourth-order valence-corrected chi connectivity index (χ4v) is 2.96. The van der Waals surface area contributed by atoms with E-state index in [2.05, 4.69) is 14.8 Å². The van der Waals surface area contributed by atoms with Gasteiger partial charge in [0.05, 0.1) is 11.9 Å². The van der Waals surface area contributed by atoms with Crippen LogP contribution < -0.4 is 5.73 Å². The minimum Gasteiger partial charge on any atom is -0.395 e. The van der Waals surface area contributed by atoms with Crippen molar-refractivity contribution in [3.63, 3.8) is 0 Å². The maximum Gasteiger partial charge on any atom is 0.191 e. The Morgan fingerprint density at radius 1 is 1.41 bits per heavy atom. The third-order valence-electron chi connectivity index (χ3n) is 3.10. The fourth-order valence-electron chi connectivity index (χ4n) is 1.99. The summed E-state index contributed by atoms with van der Waals surface area (Å²) in [5.41, 5.74) is 5.83. The number of aliphatic hydroxyl groups is 1. The molecule has 0 fully saturated rings. The van der Waals surface area contributed by atoms with Gasteiger partial charge in [-0.05, 0) is 19.8 Å². The quantitative estimate of drug-likeness (QED) is 0.779. The van der Waals surface area contributed by atoms with Crippen molar-refractivity contribution < 1.29 is 5.11 Å². The molecule has 17 heavy (non-hydrogen) atoms. The molecule has 1 aliphatic rings. The van der Waals surface area contributed by atoms with Crippen LogP contribution in [0.5, 0.6) is 0 Å². The molecule has 1 aliphatic heterocycles. The zero-order valence-corrected chi connectivity index (χ0v) is 11.0. The first-order chi connectivity index (χ1) is 8.22. The predicted molar refractivity (Wildman–Crippen MR) is 68.0 cm³/mol. The molecule has 0 aromatic carbocycles. The molecule has 2 rings (SSSR count). The van der Waals surface area contributed by atoms with E-state index < -0.39 is 0 Å². The number of hydrogen-bond acceptors (Lipinski definition) is 5. The lowest BCUT2D eigenvalue weighted by atomic mass is 10.2. The van der Waals surface area contributed by atoms with Crippen LogP contribution in [0.15, 0.2) is 5.16 Å². The molecule has 0 saturated heterocycles. The molecule has 1 aromatic rings. The number of rotatable bonds is 4. The van der Waals surface area contributed by atoms with Gasteiger partial charge in [0.15, 0.2) is 5.16 Å². The Morgan fingerprint density at radius 3 is 2.94 bits per heavy atom. The number of aromatic nitrogens is 3. The van der Waals surface area contributed by atoms with E-state index in [1.807, 2.05) is 6.92 Å². The number of hydrogen-bond donors (Lipinski definition) is 2. The van der Waals surface area contributed by atoms with Crippen molar-refractivity contribution in [1.29, 1.82) is 0 Å². The lowest BCUT2D eigenvalue weighted by Crippen LogP contribution is -2.32. The third-order valence-corrected chi connectivity index (χ3v) is 4.49. The van der Waals surface area contributed by atoms with E-state index in [1.165, 1.54) is 19.3 Å². The largest absolute Gasteiger partial charge is 0.395 e. The van der Waals surface area contributed by atoms with E-state index in [0.29, 0.717) is 0 Å². The van der Waals surface area contributed by atoms with Gasteiger partial charge >= 0.3 is 0 Å². The maximum absolute atomic E-state index is 9.30. The van der Waals surface area contributed by atoms with Gasteiger partial charge in [-0.3, -0.25) is 0 Å². The van der Waals surface area contributed by atoms with Gasteiger partial charge < -0.3 is 15.4 Å². The second-order valence-corrected chi connectivity index (χ2v) is 5.77. The summed E-state index contributed by atoms with van der Waals surface area (Å²) < 4.78 is 2.18. The fraction of sp³-hybridized carbons (Fsp3) is 0.818. The van der Waals surface area contributed by atoms with Gasteiger partial charge in [-0.15, -0.1) is 10.2 Å². The van der Waals surface area contributed by atoms with E-state index in [1.54, 1.807) is 11.8 Å². The molecule has 0 aliphatic carbocycles. The van der Waals surface area contributed by atoms with Gasteiger partial charge in [-0.2, -0.15) is 0 Å². The van der Waals surface area contributed by atoms with Crippen LogP contribution in [0.3, 0.4) is 0 Å². The highest BCUT2D eigenvalue weighted by molar-refractivity contribution is 7.99. The molecule has 6 heteroatoms. The molecule has 1 aromatic heterocycles. The van der Waals surface area contributed by atoms with Gasteiger partial charge in [-0.25, -0.2) is 0 Å². The summed E-state index contributed by atoms with van der Waals surface area (Å²) in [4.78, 5) is 0. The summed E-state index contributed by atoms with van der Waals surface area (Å²) >= 11 is 1.54. The summed E-state index contributed by atoms with van der Waals surface area (Å²) in [6.07, 6.45) is 4.64. The molecule has 3 N–H and O–H groups in total. The highest BCUT2D eigenvalue weighted by Crippen LogP contribution is 2.26. The van der Waals surface area contributed by atoms with Gasteiger partial charge in [0.2, 0.25) is 0 Å². The highest BCUT2D eigenvalue weighted by atomic mass is 32.2. The van der Waals surface area contributed by atoms with Crippen molar-refractivity contribution in [2.24, 2.45) is 5.73 Å². The minimum atomic E-state index is -0.0521. The van der Waals surface area contributed by atoms with Crippen LogP contribution in [0, 0.1) is 0 Å². The summed E-state index contributed by atoms with van der Waals surface area (Å²) in [7, 11) is 0. The first kappa shape index (κ1) is 12.9. The molecule has 0 spiro atoms. The lowest BCUT2D eigenvalue weighted by Gasteiger charge is -2.17. The average molecular weight is 256 g/mol. The summed E-state index contributed by atoms with van der Waals surface area (Å²) in [5.74, 6) is 1.08. The number of nitrogens with zero attached hydrogens (tertiary/aromatic N) is 3. The summed E-state index contributed by atoms with van der Waals surface area (Å²) in [5, 5.41) is 18.6. The van der Waals surface area contributed by atoms with Gasteiger partial charge in [-0.1, -0.05) is 18.2 Å². The minimum absolute atomic E-state index is 0.00782. The van der Waals surface area contributed by atoms with E-state index in [-0.39, 0.29) is 17.9 Å². The number of aryl methyl sites for hydroxylation is 1. The molecule has 0 radical (unpaired) electrons. The van der Waals surface area contributed by atoms with Crippen molar-refractivity contribution in [3.05, 3.63) is 5.82 Å². The topological polar surface area (TPSA) is 77.0 Å². The molecule has 2 unspecified atom stereocenters. The predicted octanol–water partition coefficient (Wildman–Crippen LogP) is 0.805. The SMILES string of the molecule is CC(N)C(CO)Sc1nnc2n1CCCCC2. The third kappa shape index (κ3) is 3.00. The molecule has 0 bridgehead atoms. The first-order valence-electron chi connectivity index (χ1n) is 6.17. The van der Waals surface area contributed by atoms with Crippen LogP contribution in [0.1, 0.15) is 32.0 Å². The molecule has 0 amide bonds. The second kappa shape index (κ2) is 5.84. The monoisotopic (exact) mass is 256 g/mol. The van der Waals surface area contributed by atoms with Crippen LogP contribution in [0.2, 0.25) is 0 Å². The average Bonchev–Trinajstić information content (AvgIpc) is 2.54. The van der Waals surface area contributed by atoms with Gasteiger partial charge in [0, 0.05) is 19.0 Å². The molecule has 96 valence electrons. The Kier molecular flexibility index (Phi) is 4.42. The number of aliphatic hydroxyl groups excluding tert-OH is 1. The Labute approximate surface area is 106 Å². The van der Waals surface area contributed by atoms with E-state index in [4.69, 9.17) is 5.73 Å². The smallest absolute Gasteiger partial charge is 0.191 e. The van der Waals surface area contributed by atoms with Crippen molar-refractivity contribution >= 4 is 11.8 Å². The number of nitrogens with two attached hydrogens (primary N) is 1. The van der Waals surface area contributed by atoms with E-state index in [0.717, 1.165) is 23.9 Å². The van der Waals surface area contributed by atoms with Crippen molar-refractivity contribution in [2.45, 2.75) is 55.6 Å². The first-order valence-corrected chi connectivity index (χ1v) is 7.05. The van der Waals surface area contributed by atoms with Crippen LogP contribution in [0.25, 0.3) is 0 Å². The normalized spacial score (nSPS) is 19.5. The highest BCUT2D eigenvalue weighted by Gasteiger charge is 2.20. The zero-order valence-electron chi connectivity index (χ0n) is 10.2. The maximum atomic E-state index is 9.30. The number of fused-ring (bicyclic) bond motifs is 1. The van der Waals surface area contributed by atoms with Gasteiger partial charge in [0.25, 0.3) is 0 Å². The molecule has 5 nitrogen and oxygen atoms in total. The standard InChI is InChI=1S/C11H20N4OS/c1-8(12)9(7-16)17-11-14-13-10-5-3-2-4-6-15(10)11/h8-9,16H,2-7,12H2,1H3. The van der Waals surface area contributed by atoms with Crippen LogP contribution >= 0.6 is 11.8 Å². The molecule has 0 saturated carbocycles. The summed E-state index contributed by atoms with van der Waals surface area (Å²) in [6.45, 7) is 2.97. The zero-order chi connectivity index (χ0) is 12.3. The van der Waals surface area contributed by atoms with E-state index >= 15 is 0 Å². The number of thioether (sulfide) groups is 1. The van der Waals surface area contributed by atoms with Gasteiger partial charge in [0.1, 0.15) is 5.82 Å². The van der Waals surface area contributed by atoms with Crippen molar-refractivity contribution in [1.82, 2.24) is 14.8 Å². The second-order valence-electron chi connectivity index (χ2n) is 4.56. The van der Waals surface area contributed by atoms with Crippen molar-refractivity contribution in [2.75, 3.05) is 6.61 Å².